The lowest BCUT2D eigenvalue weighted by Gasteiger charge is -2.42. The van der Waals surface area contributed by atoms with Gasteiger partial charge >= 0.3 is 6.09 Å². The molecule has 2 heterocycles. The third-order valence-electron chi connectivity index (χ3n) is 6.79. The van der Waals surface area contributed by atoms with Crippen LogP contribution < -0.4 is 15.0 Å². The maximum atomic E-state index is 12.9. The van der Waals surface area contributed by atoms with E-state index < -0.39 is 30.1 Å². The molecule has 0 spiro atoms. The number of hydrogen-bond donors (Lipinski definition) is 3. The second kappa shape index (κ2) is 11.6. The van der Waals surface area contributed by atoms with Crippen molar-refractivity contribution >= 4 is 29.3 Å². The molecule has 1 aromatic carbocycles. The Kier molecular flexibility index (Phi) is 9.05. The number of methoxy groups -OCH3 is 1. The molecule has 198 valence electrons. The molecular formula is C26H35ClN2O7. The number of hydrogen-bond acceptors (Lipinski definition) is 7. The zero-order chi connectivity index (χ0) is 26.6. The second-order valence-electron chi connectivity index (χ2n) is 9.49. The van der Waals surface area contributed by atoms with Gasteiger partial charge in [0.1, 0.15) is 23.0 Å². The Labute approximate surface area is 216 Å². The Hall–Kier alpha value is -2.59. The Balaban J connectivity index is 1.97. The predicted molar refractivity (Wildman–Crippen MR) is 136 cm³/mol. The van der Waals surface area contributed by atoms with Crippen LogP contribution in [0.2, 0.25) is 5.02 Å². The van der Waals surface area contributed by atoms with Crippen molar-refractivity contribution in [3.8, 4) is 5.75 Å². The van der Waals surface area contributed by atoms with Crippen molar-refractivity contribution in [3.63, 3.8) is 0 Å². The van der Waals surface area contributed by atoms with E-state index in [1.54, 1.807) is 19.2 Å². The number of carbonyl (C=O) groups is 2. The van der Waals surface area contributed by atoms with Gasteiger partial charge in [0.25, 0.3) is 0 Å². The minimum atomic E-state index is -1.90. The fourth-order valence-electron chi connectivity index (χ4n) is 4.32. The number of aliphatic hydroxyl groups excluding tert-OH is 1. The van der Waals surface area contributed by atoms with Crippen LogP contribution in [0.1, 0.15) is 39.2 Å². The van der Waals surface area contributed by atoms with Crippen molar-refractivity contribution in [2.45, 2.75) is 64.1 Å². The number of allylic oxidation sites excluding steroid dienone is 3. The van der Waals surface area contributed by atoms with E-state index >= 15 is 0 Å². The monoisotopic (exact) mass is 522 g/mol. The number of nitrogens with zero attached hydrogens (tertiary/aromatic N) is 1. The molecule has 0 radical (unpaired) electrons. The number of fused-ring (bicyclic) bond motifs is 4. The molecule has 0 aromatic heterocycles. The van der Waals surface area contributed by atoms with Gasteiger partial charge in [-0.3, -0.25) is 10.1 Å². The average Bonchev–Trinajstić information content (AvgIpc) is 2.82. The van der Waals surface area contributed by atoms with Gasteiger partial charge < -0.3 is 29.3 Å². The summed E-state index contributed by atoms with van der Waals surface area (Å²) in [5, 5.41) is 24.4. The van der Waals surface area contributed by atoms with Gasteiger partial charge in [-0.05, 0) is 38.0 Å². The van der Waals surface area contributed by atoms with Crippen LogP contribution >= 0.6 is 11.6 Å². The van der Waals surface area contributed by atoms with Gasteiger partial charge in [-0.1, -0.05) is 42.3 Å². The molecule has 9 nitrogen and oxygen atoms in total. The molecule has 0 aliphatic carbocycles. The van der Waals surface area contributed by atoms with Crippen molar-refractivity contribution in [3.05, 3.63) is 46.5 Å². The second-order valence-corrected chi connectivity index (χ2v) is 9.86. The van der Waals surface area contributed by atoms with E-state index in [-0.39, 0.29) is 31.3 Å². The SMILES string of the molecule is COc1cc2cc(c1Cl)N(C)C(=O)CCO[C@H](C)[C@H](C)[C@@H]1C[C@@](O)(NC(=O)O1)[C@H](O)/C=C/C=C(\C)C2. The van der Waals surface area contributed by atoms with Crippen LogP contribution in [0.5, 0.6) is 5.75 Å². The summed E-state index contributed by atoms with van der Waals surface area (Å²) in [6, 6.07) is 3.66. The fraction of sp³-hybridized carbons (Fsp3) is 0.538. The molecule has 0 unspecified atom stereocenters. The van der Waals surface area contributed by atoms with E-state index in [1.165, 1.54) is 18.1 Å². The van der Waals surface area contributed by atoms with Crippen LogP contribution in [0, 0.1) is 5.92 Å². The molecule has 2 amide bonds. The maximum Gasteiger partial charge on any atom is 0.409 e. The molecule has 2 aliphatic rings. The highest BCUT2D eigenvalue weighted by Gasteiger charge is 2.46. The molecule has 1 fully saturated rings. The lowest BCUT2D eigenvalue weighted by atomic mass is 9.88. The standard InChI is InChI=1S/C26H35ClN2O7/c1-15-7-6-8-22(30)26(33)14-21(36-25(32)28-26)16(2)17(3)35-10-9-23(31)29(4)19-12-18(11-15)13-20(34-5)24(19)27/h6-8,12-13,16-17,21-22,30,33H,9-11,14H2,1-5H3,(H,28,32)/b8-6+,15-7+/t16-,17+,21-,22+,26-/m0/s1. The van der Waals surface area contributed by atoms with Crippen LogP contribution in [0.3, 0.4) is 0 Å². The highest BCUT2D eigenvalue weighted by Crippen LogP contribution is 2.37. The molecule has 10 heteroatoms. The molecule has 0 saturated carbocycles. The Morgan fingerprint density at radius 1 is 1.28 bits per heavy atom. The summed E-state index contributed by atoms with van der Waals surface area (Å²) in [7, 11) is 3.17. The Morgan fingerprint density at radius 3 is 2.69 bits per heavy atom. The van der Waals surface area contributed by atoms with Crippen LogP contribution in [-0.4, -0.2) is 67.0 Å². The van der Waals surface area contributed by atoms with Gasteiger partial charge in [0.2, 0.25) is 5.91 Å². The van der Waals surface area contributed by atoms with Crippen molar-refractivity contribution in [2.75, 3.05) is 25.7 Å². The van der Waals surface area contributed by atoms with E-state index in [1.807, 2.05) is 32.9 Å². The van der Waals surface area contributed by atoms with E-state index in [0.717, 1.165) is 11.1 Å². The zero-order valence-corrected chi connectivity index (χ0v) is 22.0. The smallest absolute Gasteiger partial charge is 0.409 e. The Bertz CT molecular complexity index is 1040. The number of ether oxygens (including phenoxy) is 3. The molecule has 5 atom stereocenters. The summed E-state index contributed by atoms with van der Waals surface area (Å²) in [4.78, 5) is 26.6. The number of anilines is 1. The van der Waals surface area contributed by atoms with Crippen molar-refractivity contribution < 1.29 is 34.0 Å². The van der Waals surface area contributed by atoms with E-state index in [0.29, 0.717) is 22.9 Å². The number of carbonyl (C=O) groups excluding carboxylic acids is 2. The first-order valence-electron chi connectivity index (χ1n) is 11.9. The van der Waals surface area contributed by atoms with Crippen LogP contribution in [-0.2, 0) is 20.7 Å². The van der Waals surface area contributed by atoms with Gasteiger partial charge in [-0.15, -0.1) is 0 Å². The topological polar surface area (TPSA) is 118 Å². The summed E-state index contributed by atoms with van der Waals surface area (Å²) in [6.45, 7) is 5.69. The largest absolute Gasteiger partial charge is 0.495 e. The number of aliphatic hydroxyl groups is 2. The average molecular weight is 523 g/mol. The van der Waals surface area contributed by atoms with Gasteiger partial charge in [-0.25, -0.2) is 4.79 Å². The summed E-state index contributed by atoms with van der Waals surface area (Å²) in [5.74, 6) is -0.0431. The minimum Gasteiger partial charge on any atom is -0.495 e. The van der Waals surface area contributed by atoms with Gasteiger partial charge in [0.15, 0.2) is 5.72 Å². The highest BCUT2D eigenvalue weighted by molar-refractivity contribution is 6.35. The number of alkyl carbamates (subject to hydrolysis) is 1. The van der Waals surface area contributed by atoms with Crippen LogP contribution in [0.4, 0.5) is 10.5 Å². The molecule has 1 aromatic rings. The number of nitrogens with one attached hydrogen (secondary N) is 1. The highest BCUT2D eigenvalue weighted by atomic mass is 35.5. The third kappa shape index (κ3) is 6.39. The molecule has 3 N–H and O–H groups in total. The molecular weight excluding hydrogens is 488 g/mol. The number of benzene rings is 1. The van der Waals surface area contributed by atoms with Gasteiger partial charge in [0.05, 0.1) is 31.9 Å². The first kappa shape index (κ1) is 28.0. The van der Waals surface area contributed by atoms with Crippen molar-refractivity contribution in [1.29, 1.82) is 0 Å². The first-order valence-corrected chi connectivity index (χ1v) is 12.3. The van der Waals surface area contributed by atoms with E-state index in [9.17, 15) is 19.8 Å². The lowest BCUT2D eigenvalue weighted by Crippen LogP contribution is -2.63. The molecule has 1 saturated heterocycles. The molecule has 36 heavy (non-hydrogen) atoms. The summed E-state index contributed by atoms with van der Waals surface area (Å²) < 4.78 is 16.7. The lowest BCUT2D eigenvalue weighted by molar-refractivity contribution is -0.143. The third-order valence-corrected chi connectivity index (χ3v) is 7.17. The molecule has 2 aliphatic heterocycles. The van der Waals surface area contributed by atoms with Crippen molar-refractivity contribution in [2.24, 2.45) is 5.92 Å². The van der Waals surface area contributed by atoms with Crippen LogP contribution in [0.15, 0.2) is 35.9 Å². The summed E-state index contributed by atoms with van der Waals surface area (Å²) in [5.41, 5.74) is 0.454. The Morgan fingerprint density at radius 2 is 2.00 bits per heavy atom. The zero-order valence-electron chi connectivity index (χ0n) is 21.3. The van der Waals surface area contributed by atoms with E-state index in [4.69, 9.17) is 25.8 Å². The molecule has 4 bridgehead atoms. The maximum absolute atomic E-state index is 12.9. The predicted octanol–water partition coefficient (Wildman–Crippen LogP) is 3.35. The van der Waals surface area contributed by atoms with Crippen molar-refractivity contribution in [1.82, 2.24) is 5.32 Å². The fourth-order valence-corrected chi connectivity index (χ4v) is 4.63. The van der Waals surface area contributed by atoms with Gasteiger partial charge in [-0.2, -0.15) is 0 Å². The number of rotatable bonds is 1. The van der Waals surface area contributed by atoms with E-state index in [2.05, 4.69) is 5.32 Å². The van der Waals surface area contributed by atoms with Gasteiger partial charge in [0, 0.05) is 19.4 Å². The number of amides is 2. The summed E-state index contributed by atoms with van der Waals surface area (Å²) >= 11 is 6.53. The quantitative estimate of drug-likeness (QED) is 0.517. The van der Waals surface area contributed by atoms with Crippen LogP contribution in [0.25, 0.3) is 0 Å². The summed E-state index contributed by atoms with van der Waals surface area (Å²) in [6.07, 6.45) is 2.17. The molecule has 3 rings (SSSR count). The normalized spacial score (nSPS) is 32.7. The first-order chi connectivity index (χ1) is 16.9. The number of halogens is 1. The minimum absolute atomic E-state index is 0.0341.